The maximum Gasteiger partial charge on any atom is 0.132 e. The topological polar surface area (TPSA) is 37.8 Å². The average molecular weight is 214 g/mol. The summed E-state index contributed by atoms with van der Waals surface area (Å²) in [4.78, 5) is 8.40. The summed E-state index contributed by atoms with van der Waals surface area (Å²) in [6.07, 6.45) is 3.28. The third-order valence-electron chi connectivity index (χ3n) is 2.32. The second-order valence-corrected chi connectivity index (χ2v) is 3.83. The lowest BCUT2D eigenvalue weighted by molar-refractivity contribution is 0.478. The van der Waals surface area contributed by atoms with E-state index in [0.29, 0.717) is 17.0 Å². The van der Waals surface area contributed by atoms with Crippen molar-refractivity contribution in [2.75, 3.05) is 6.54 Å². The number of nitrogens with one attached hydrogen (secondary N) is 1. The number of aromatic nitrogens is 2. The molecule has 14 heavy (non-hydrogen) atoms. The molecular weight excluding hydrogens is 198 g/mol. The Hall–Kier alpha value is -0.670. The van der Waals surface area contributed by atoms with Crippen LogP contribution < -0.4 is 5.32 Å². The number of hydrogen-bond acceptors (Lipinski definition) is 3. The molecule has 1 aromatic rings. The van der Waals surface area contributed by atoms with E-state index >= 15 is 0 Å². The van der Waals surface area contributed by atoms with Gasteiger partial charge >= 0.3 is 0 Å². The van der Waals surface area contributed by atoms with Gasteiger partial charge in [-0.05, 0) is 13.5 Å². The molecule has 1 heterocycles. The van der Waals surface area contributed by atoms with Gasteiger partial charge in [0.2, 0.25) is 0 Å². The number of nitrogens with zero attached hydrogens (tertiary/aromatic N) is 2. The van der Waals surface area contributed by atoms with E-state index < -0.39 is 0 Å². The Bertz CT molecular complexity index is 273. The van der Waals surface area contributed by atoms with Crippen molar-refractivity contribution >= 4 is 11.6 Å². The molecule has 0 bridgehead atoms. The Balaban J connectivity index is 2.68. The van der Waals surface area contributed by atoms with Crippen molar-refractivity contribution in [2.24, 2.45) is 0 Å². The molecule has 0 amide bonds. The van der Waals surface area contributed by atoms with Crippen molar-refractivity contribution in [1.29, 1.82) is 0 Å². The highest BCUT2D eigenvalue weighted by atomic mass is 35.5. The Morgan fingerprint density at radius 1 is 1.36 bits per heavy atom. The molecule has 3 nitrogen and oxygen atoms in total. The molecule has 1 aromatic heterocycles. The van der Waals surface area contributed by atoms with Crippen LogP contribution in [0.3, 0.4) is 0 Å². The van der Waals surface area contributed by atoms with Crippen LogP contribution in [0.4, 0.5) is 0 Å². The zero-order valence-corrected chi connectivity index (χ0v) is 9.54. The molecule has 0 aliphatic heterocycles. The molecule has 78 valence electrons. The minimum Gasteiger partial charge on any atom is -0.314 e. The summed E-state index contributed by atoms with van der Waals surface area (Å²) in [7, 11) is 0. The van der Waals surface area contributed by atoms with Crippen molar-refractivity contribution < 1.29 is 0 Å². The highest BCUT2D eigenvalue weighted by Crippen LogP contribution is 2.15. The van der Waals surface area contributed by atoms with Crippen LogP contribution >= 0.6 is 11.6 Å². The maximum atomic E-state index is 5.72. The molecule has 2 atom stereocenters. The minimum absolute atomic E-state index is 0.298. The lowest BCUT2D eigenvalue weighted by Crippen LogP contribution is -2.31. The molecular formula is C10H16ClN3. The lowest BCUT2D eigenvalue weighted by Gasteiger charge is -2.18. The van der Waals surface area contributed by atoms with Crippen LogP contribution in [-0.4, -0.2) is 22.6 Å². The summed E-state index contributed by atoms with van der Waals surface area (Å²) < 4.78 is 0. The van der Waals surface area contributed by atoms with Gasteiger partial charge in [0.05, 0.1) is 5.02 Å². The van der Waals surface area contributed by atoms with Gasteiger partial charge in [0.25, 0.3) is 0 Å². The third kappa shape index (κ3) is 2.93. The predicted octanol–water partition coefficient (Wildman–Crippen LogP) is 2.23. The molecule has 1 rings (SSSR count). The molecule has 0 saturated heterocycles. The third-order valence-corrected chi connectivity index (χ3v) is 2.52. The van der Waals surface area contributed by atoms with Gasteiger partial charge in [-0.25, -0.2) is 9.97 Å². The van der Waals surface area contributed by atoms with Gasteiger partial charge in [-0.1, -0.05) is 25.4 Å². The fourth-order valence-electron chi connectivity index (χ4n) is 1.28. The molecule has 2 unspecified atom stereocenters. The Labute approximate surface area is 89.9 Å². The number of likely N-dealkylation sites (N-methyl/N-ethyl adjacent to an activating group) is 1. The van der Waals surface area contributed by atoms with E-state index in [1.54, 1.807) is 12.4 Å². The van der Waals surface area contributed by atoms with Crippen molar-refractivity contribution in [3.8, 4) is 0 Å². The molecule has 0 aromatic carbocycles. The van der Waals surface area contributed by atoms with Gasteiger partial charge < -0.3 is 5.32 Å². The molecule has 0 saturated carbocycles. The molecule has 0 aliphatic carbocycles. The normalized spacial score (nSPS) is 15.1. The lowest BCUT2D eigenvalue weighted by atomic mass is 10.0. The van der Waals surface area contributed by atoms with E-state index in [-0.39, 0.29) is 0 Å². The van der Waals surface area contributed by atoms with Crippen LogP contribution in [0.1, 0.15) is 32.5 Å². The quantitative estimate of drug-likeness (QED) is 0.834. The van der Waals surface area contributed by atoms with Gasteiger partial charge in [-0.3, -0.25) is 0 Å². The maximum absolute atomic E-state index is 5.72. The second kappa shape index (κ2) is 5.27. The van der Waals surface area contributed by atoms with Crippen LogP contribution in [-0.2, 0) is 0 Å². The smallest absolute Gasteiger partial charge is 0.132 e. The number of rotatable bonds is 4. The van der Waals surface area contributed by atoms with E-state index in [0.717, 1.165) is 12.4 Å². The first-order valence-electron chi connectivity index (χ1n) is 4.86. The summed E-state index contributed by atoms with van der Waals surface area (Å²) in [5.74, 6) is 1.13. The van der Waals surface area contributed by atoms with Crippen molar-refractivity contribution in [2.45, 2.75) is 32.7 Å². The molecule has 0 aliphatic rings. The van der Waals surface area contributed by atoms with E-state index in [2.05, 4.69) is 36.1 Å². The summed E-state index contributed by atoms with van der Waals surface area (Å²) >= 11 is 5.72. The Morgan fingerprint density at radius 2 is 1.93 bits per heavy atom. The standard InChI is InChI=1S/C10H16ClN3/c1-4-12-8(3)7(2)10-13-5-9(11)6-14-10/h5-8,12H,4H2,1-3H3. The highest BCUT2D eigenvalue weighted by molar-refractivity contribution is 6.30. The van der Waals surface area contributed by atoms with Gasteiger partial charge in [0, 0.05) is 24.4 Å². The summed E-state index contributed by atoms with van der Waals surface area (Å²) in [6, 6.07) is 0.376. The highest BCUT2D eigenvalue weighted by Gasteiger charge is 2.15. The van der Waals surface area contributed by atoms with E-state index in [1.807, 2.05) is 0 Å². The van der Waals surface area contributed by atoms with Crippen LogP contribution in [0.15, 0.2) is 12.4 Å². The minimum atomic E-state index is 0.298. The number of hydrogen-bond donors (Lipinski definition) is 1. The van der Waals surface area contributed by atoms with Gasteiger partial charge in [0.15, 0.2) is 0 Å². The van der Waals surface area contributed by atoms with Crippen LogP contribution in [0, 0.1) is 0 Å². The first-order valence-corrected chi connectivity index (χ1v) is 5.23. The molecule has 1 N–H and O–H groups in total. The Morgan fingerprint density at radius 3 is 2.43 bits per heavy atom. The van der Waals surface area contributed by atoms with Gasteiger partial charge in [-0.15, -0.1) is 0 Å². The zero-order chi connectivity index (χ0) is 10.6. The predicted molar refractivity (Wildman–Crippen MR) is 58.6 cm³/mol. The van der Waals surface area contributed by atoms with Crippen molar-refractivity contribution in [3.63, 3.8) is 0 Å². The number of halogens is 1. The summed E-state index contributed by atoms with van der Waals surface area (Å²) in [5, 5.41) is 3.93. The fraction of sp³-hybridized carbons (Fsp3) is 0.600. The summed E-state index contributed by atoms with van der Waals surface area (Å²) in [5.41, 5.74) is 0. The molecule has 0 fully saturated rings. The first-order chi connectivity index (χ1) is 6.65. The van der Waals surface area contributed by atoms with Gasteiger partial charge in [0.1, 0.15) is 5.82 Å². The van der Waals surface area contributed by atoms with Gasteiger partial charge in [-0.2, -0.15) is 0 Å². The van der Waals surface area contributed by atoms with Crippen LogP contribution in [0.25, 0.3) is 0 Å². The average Bonchev–Trinajstić information content (AvgIpc) is 2.18. The van der Waals surface area contributed by atoms with Crippen molar-refractivity contribution in [1.82, 2.24) is 15.3 Å². The summed E-state index contributed by atoms with van der Waals surface area (Å²) in [6.45, 7) is 7.29. The largest absolute Gasteiger partial charge is 0.314 e. The first kappa shape index (κ1) is 11.4. The van der Waals surface area contributed by atoms with Crippen LogP contribution in [0.5, 0.6) is 0 Å². The van der Waals surface area contributed by atoms with Crippen molar-refractivity contribution in [3.05, 3.63) is 23.2 Å². The monoisotopic (exact) mass is 213 g/mol. The molecule has 0 spiro atoms. The second-order valence-electron chi connectivity index (χ2n) is 3.39. The molecule has 4 heteroatoms. The van der Waals surface area contributed by atoms with Crippen LogP contribution in [0.2, 0.25) is 5.02 Å². The SMILES string of the molecule is CCNC(C)C(C)c1ncc(Cl)cn1. The van der Waals surface area contributed by atoms with E-state index in [9.17, 15) is 0 Å². The fourth-order valence-corrected chi connectivity index (χ4v) is 1.38. The zero-order valence-electron chi connectivity index (χ0n) is 8.79. The van der Waals surface area contributed by atoms with E-state index in [1.165, 1.54) is 0 Å². The molecule has 0 radical (unpaired) electrons. The Kier molecular flexibility index (Phi) is 4.29. The van der Waals surface area contributed by atoms with E-state index in [4.69, 9.17) is 11.6 Å².